The Balaban J connectivity index is 2.08. The SMILES string of the molecule is CCCNC(=O)C(CC)N(Cc1ccc(Cl)cc1)C(=O)CN(c1cc(Cl)cc(Cl)c1)S(=O)(=O)c1ccc(C)cc1. The van der Waals surface area contributed by atoms with Crippen molar-refractivity contribution in [2.24, 2.45) is 0 Å². The molecule has 0 aliphatic carbocycles. The second-order valence-corrected chi connectivity index (χ2v) is 12.5. The molecular formula is C29H32Cl3N3O4S. The second kappa shape index (κ2) is 14.2. The molecule has 214 valence electrons. The molecule has 0 heterocycles. The molecule has 0 fully saturated rings. The van der Waals surface area contributed by atoms with Gasteiger partial charge in [0.2, 0.25) is 11.8 Å². The van der Waals surface area contributed by atoms with Crippen LogP contribution in [-0.4, -0.2) is 44.3 Å². The van der Waals surface area contributed by atoms with Crippen molar-refractivity contribution in [2.45, 2.75) is 51.1 Å². The van der Waals surface area contributed by atoms with Crippen LogP contribution in [0.2, 0.25) is 15.1 Å². The highest BCUT2D eigenvalue weighted by Crippen LogP contribution is 2.30. The Labute approximate surface area is 251 Å². The van der Waals surface area contributed by atoms with E-state index in [1.165, 1.54) is 35.2 Å². The van der Waals surface area contributed by atoms with E-state index in [1.807, 2.05) is 13.8 Å². The molecule has 0 aliphatic rings. The number of benzene rings is 3. The third kappa shape index (κ3) is 8.13. The third-order valence-electron chi connectivity index (χ3n) is 6.22. The highest BCUT2D eigenvalue weighted by molar-refractivity contribution is 7.92. The van der Waals surface area contributed by atoms with Gasteiger partial charge >= 0.3 is 0 Å². The van der Waals surface area contributed by atoms with Crippen molar-refractivity contribution in [3.63, 3.8) is 0 Å². The molecule has 0 saturated heterocycles. The number of hydrogen-bond donors (Lipinski definition) is 1. The zero-order chi connectivity index (χ0) is 29.4. The maximum Gasteiger partial charge on any atom is 0.264 e. The van der Waals surface area contributed by atoms with Crippen molar-refractivity contribution in [1.82, 2.24) is 10.2 Å². The lowest BCUT2D eigenvalue weighted by molar-refractivity contribution is -0.140. The van der Waals surface area contributed by atoms with Gasteiger partial charge in [-0.05, 0) is 67.8 Å². The van der Waals surface area contributed by atoms with Gasteiger partial charge in [-0.2, -0.15) is 0 Å². The van der Waals surface area contributed by atoms with Crippen LogP contribution in [0.5, 0.6) is 0 Å². The summed E-state index contributed by atoms with van der Waals surface area (Å²) in [5, 5.41) is 3.81. The zero-order valence-electron chi connectivity index (χ0n) is 22.5. The maximum atomic E-state index is 14.0. The fraction of sp³-hybridized carbons (Fsp3) is 0.310. The van der Waals surface area contributed by atoms with E-state index in [-0.39, 0.29) is 33.1 Å². The Morgan fingerprint density at radius 3 is 2.02 bits per heavy atom. The number of nitrogens with zero attached hydrogens (tertiary/aromatic N) is 2. The van der Waals surface area contributed by atoms with E-state index in [4.69, 9.17) is 34.8 Å². The van der Waals surface area contributed by atoms with Gasteiger partial charge in [-0.25, -0.2) is 8.42 Å². The molecule has 1 unspecified atom stereocenters. The van der Waals surface area contributed by atoms with Gasteiger partial charge in [0, 0.05) is 28.2 Å². The smallest absolute Gasteiger partial charge is 0.264 e. The van der Waals surface area contributed by atoms with Crippen molar-refractivity contribution in [1.29, 1.82) is 0 Å². The number of nitrogens with one attached hydrogen (secondary N) is 1. The van der Waals surface area contributed by atoms with E-state index in [0.29, 0.717) is 18.0 Å². The Hall–Kier alpha value is -2.78. The lowest BCUT2D eigenvalue weighted by atomic mass is 10.1. The highest BCUT2D eigenvalue weighted by atomic mass is 35.5. The first-order valence-electron chi connectivity index (χ1n) is 12.8. The number of amides is 2. The minimum Gasteiger partial charge on any atom is -0.354 e. The molecule has 1 atom stereocenters. The summed E-state index contributed by atoms with van der Waals surface area (Å²) in [5.41, 5.74) is 1.74. The molecule has 3 aromatic carbocycles. The number of hydrogen-bond acceptors (Lipinski definition) is 4. The van der Waals surface area contributed by atoms with Crippen molar-refractivity contribution >= 4 is 62.3 Å². The number of sulfonamides is 1. The van der Waals surface area contributed by atoms with Crippen molar-refractivity contribution in [3.05, 3.63) is 92.9 Å². The van der Waals surface area contributed by atoms with E-state index in [2.05, 4.69) is 5.32 Å². The molecule has 0 bridgehead atoms. The predicted molar refractivity (Wildman–Crippen MR) is 162 cm³/mol. The summed E-state index contributed by atoms with van der Waals surface area (Å²) in [4.78, 5) is 28.6. The number of halogens is 3. The molecule has 7 nitrogen and oxygen atoms in total. The molecule has 0 saturated carbocycles. The van der Waals surface area contributed by atoms with Crippen LogP contribution in [0.1, 0.15) is 37.8 Å². The predicted octanol–water partition coefficient (Wildman–Crippen LogP) is 6.48. The lowest BCUT2D eigenvalue weighted by Gasteiger charge is -2.33. The van der Waals surface area contributed by atoms with Gasteiger partial charge in [-0.3, -0.25) is 13.9 Å². The van der Waals surface area contributed by atoms with Crippen LogP contribution in [-0.2, 0) is 26.2 Å². The number of anilines is 1. The van der Waals surface area contributed by atoms with Crippen LogP contribution in [0.3, 0.4) is 0 Å². The summed E-state index contributed by atoms with van der Waals surface area (Å²) in [7, 11) is -4.23. The van der Waals surface area contributed by atoms with Crippen molar-refractivity contribution in [3.8, 4) is 0 Å². The number of rotatable bonds is 12. The molecule has 1 N–H and O–H groups in total. The first-order chi connectivity index (χ1) is 19.0. The zero-order valence-corrected chi connectivity index (χ0v) is 25.6. The van der Waals surface area contributed by atoms with E-state index < -0.39 is 28.5 Å². The molecule has 0 aromatic heterocycles. The third-order valence-corrected chi connectivity index (χ3v) is 8.70. The van der Waals surface area contributed by atoms with Crippen LogP contribution in [0.4, 0.5) is 5.69 Å². The summed E-state index contributed by atoms with van der Waals surface area (Å²) >= 11 is 18.5. The molecule has 40 heavy (non-hydrogen) atoms. The van der Waals surface area contributed by atoms with Crippen molar-refractivity contribution < 1.29 is 18.0 Å². The standard InChI is InChI=1S/C29H32Cl3N3O4S/c1-4-14-33-29(37)27(5-2)34(18-21-8-10-22(30)11-9-21)28(36)19-35(25-16-23(31)15-24(32)17-25)40(38,39)26-12-6-20(3)7-13-26/h6-13,15-17,27H,4-5,14,18-19H2,1-3H3,(H,33,37). The van der Waals surface area contributed by atoms with Crippen LogP contribution in [0, 0.1) is 6.92 Å². The number of carbonyl (C=O) groups excluding carboxylic acids is 2. The molecule has 0 radical (unpaired) electrons. The molecule has 3 rings (SSSR count). The highest BCUT2D eigenvalue weighted by Gasteiger charge is 2.33. The van der Waals surface area contributed by atoms with Crippen LogP contribution < -0.4 is 9.62 Å². The van der Waals surface area contributed by atoms with Gasteiger partial charge in [0.25, 0.3) is 10.0 Å². The largest absolute Gasteiger partial charge is 0.354 e. The Morgan fingerprint density at radius 2 is 1.48 bits per heavy atom. The number of carbonyl (C=O) groups is 2. The molecule has 11 heteroatoms. The topological polar surface area (TPSA) is 86.8 Å². The normalized spacial score (nSPS) is 12.1. The fourth-order valence-electron chi connectivity index (χ4n) is 4.12. The average molecular weight is 625 g/mol. The monoisotopic (exact) mass is 623 g/mol. The van der Waals surface area contributed by atoms with Crippen LogP contribution >= 0.6 is 34.8 Å². The van der Waals surface area contributed by atoms with E-state index in [0.717, 1.165) is 21.9 Å². The van der Waals surface area contributed by atoms with E-state index in [9.17, 15) is 18.0 Å². The Kier molecular flexibility index (Phi) is 11.3. The van der Waals surface area contributed by atoms with Gasteiger partial charge in [0.15, 0.2) is 0 Å². The maximum absolute atomic E-state index is 14.0. The summed E-state index contributed by atoms with van der Waals surface area (Å²) in [6.07, 6.45) is 1.05. The average Bonchev–Trinajstić information content (AvgIpc) is 2.91. The van der Waals surface area contributed by atoms with Crippen LogP contribution in [0.25, 0.3) is 0 Å². The van der Waals surface area contributed by atoms with E-state index >= 15 is 0 Å². The summed E-state index contributed by atoms with van der Waals surface area (Å²) < 4.78 is 28.8. The fourth-order valence-corrected chi connectivity index (χ4v) is 6.16. The lowest BCUT2D eigenvalue weighted by Crippen LogP contribution is -2.52. The van der Waals surface area contributed by atoms with Crippen LogP contribution in [0.15, 0.2) is 71.6 Å². The summed E-state index contributed by atoms with van der Waals surface area (Å²) in [5.74, 6) is -0.884. The second-order valence-electron chi connectivity index (χ2n) is 9.32. The molecular weight excluding hydrogens is 593 g/mol. The first-order valence-corrected chi connectivity index (χ1v) is 15.4. The summed E-state index contributed by atoms with van der Waals surface area (Å²) in [6, 6.07) is 16.7. The van der Waals surface area contributed by atoms with Gasteiger partial charge < -0.3 is 10.2 Å². The minimum absolute atomic E-state index is 0.000945. The molecule has 2 amide bonds. The van der Waals surface area contributed by atoms with Gasteiger partial charge in [-0.15, -0.1) is 0 Å². The van der Waals surface area contributed by atoms with Gasteiger partial charge in [0.05, 0.1) is 10.6 Å². The Bertz CT molecular complexity index is 1410. The van der Waals surface area contributed by atoms with Crippen molar-refractivity contribution in [2.75, 3.05) is 17.4 Å². The van der Waals surface area contributed by atoms with Gasteiger partial charge in [-0.1, -0.05) is 78.5 Å². The molecule has 0 aliphatic heterocycles. The first kappa shape index (κ1) is 31.7. The molecule has 0 spiro atoms. The minimum atomic E-state index is -4.23. The summed E-state index contributed by atoms with van der Waals surface area (Å²) in [6.45, 7) is 5.52. The van der Waals surface area contributed by atoms with E-state index in [1.54, 1.807) is 43.3 Å². The molecule has 3 aromatic rings. The Morgan fingerprint density at radius 1 is 0.875 bits per heavy atom. The quantitative estimate of drug-likeness (QED) is 0.250. The van der Waals surface area contributed by atoms with Gasteiger partial charge in [0.1, 0.15) is 12.6 Å². The number of aryl methyl sites for hydroxylation is 1.